The second kappa shape index (κ2) is 8.98. The van der Waals surface area contributed by atoms with Crippen LogP contribution in [-0.4, -0.2) is 38.0 Å². The maximum atomic E-state index is 12.4. The van der Waals surface area contributed by atoms with Crippen molar-refractivity contribution in [3.8, 4) is 17.0 Å². The molecule has 0 unspecified atom stereocenters. The largest absolute Gasteiger partial charge is 0.494 e. The van der Waals surface area contributed by atoms with E-state index in [1.807, 2.05) is 43.3 Å². The molecule has 3 aromatic rings. The van der Waals surface area contributed by atoms with Crippen LogP contribution in [0.1, 0.15) is 27.7 Å². The molecule has 0 bridgehead atoms. The van der Waals surface area contributed by atoms with Gasteiger partial charge in [-0.1, -0.05) is 12.1 Å². The van der Waals surface area contributed by atoms with E-state index in [9.17, 15) is 8.42 Å². The van der Waals surface area contributed by atoms with E-state index in [4.69, 9.17) is 9.73 Å². The first-order valence-corrected chi connectivity index (χ1v) is 12.4. The minimum atomic E-state index is -3.46. The Balaban J connectivity index is 2.06. The number of thiazole rings is 1. The fourth-order valence-corrected chi connectivity index (χ4v) is 5.14. The zero-order valence-corrected chi connectivity index (χ0v) is 20.4. The van der Waals surface area contributed by atoms with Crippen molar-refractivity contribution in [2.45, 2.75) is 38.1 Å². The summed E-state index contributed by atoms with van der Waals surface area (Å²) >= 11 is 1.56. The van der Waals surface area contributed by atoms with Crippen molar-refractivity contribution in [3.63, 3.8) is 0 Å². The minimum absolute atomic E-state index is 0.214. The summed E-state index contributed by atoms with van der Waals surface area (Å²) in [5.74, 6) is 0.824. The summed E-state index contributed by atoms with van der Waals surface area (Å²) in [6, 6.07) is 14.7. The standard InChI is InChI=1S/C23H29N3O3S2/c1-7-29-19-12-10-18(11-13-19)24-22-26(23(2,3)4)21(16-30-22)17-8-14-20(15-9-17)31(27,28)25(5)6/h8-16H,7H2,1-6H3. The Hall–Kier alpha value is -2.42. The summed E-state index contributed by atoms with van der Waals surface area (Å²) in [5, 5.41) is 2.06. The lowest BCUT2D eigenvalue weighted by atomic mass is 10.1. The second-order valence-corrected chi connectivity index (χ2v) is 11.2. The summed E-state index contributed by atoms with van der Waals surface area (Å²) in [6.45, 7) is 8.98. The number of rotatable bonds is 6. The van der Waals surface area contributed by atoms with E-state index in [1.165, 1.54) is 18.4 Å². The molecule has 0 spiro atoms. The Labute approximate surface area is 188 Å². The molecule has 0 N–H and O–H groups in total. The van der Waals surface area contributed by atoms with Gasteiger partial charge in [0.15, 0.2) is 4.80 Å². The van der Waals surface area contributed by atoms with Gasteiger partial charge in [-0.15, -0.1) is 11.3 Å². The molecule has 6 nitrogen and oxygen atoms in total. The van der Waals surface area contributed by atoms with E-state index < -0.39 is 10.0 Å². The summed E-state index contributed by atoms with van der Waals surface area (Å²) in [5.41, 5.74) is 2.57. The Morgan fingerprint density at radius 1 is 1.03 bits per heavy atom. The van der Waals surface area contributed by atoms with Crippen LogP contribution in [0.2, 0.25) is 0 Å². The topological polar surface area (TPSA) is 63.9 Å². The molecule has 0 aliphatic carbocycles. The highest BCUT2D eigenvalue weighted by Crippen LogP contribution is 2.28. The van der Waals surface area contributed by atoms with Crippen molar-refractivity contribution in [1.29, 1.82) is 0 Å². The Morgan fingerprint density at radius 3 is 2.16 bits per heavy atom. The van der Waals surface area contributed by atoms with Crippen LogP contribution in [0.5, 0.6) is 5.75 Å². The molecule has 166 valence electrons. The number of nitrogens with zero attached hydrogens (tertiary/aromatic N) is 3. The molecule has 1 aromatic heterocycles. The number of ether oxygens (including phenoxy) is 1. The number of benzene rings is 2. The normalized spacial score (nSPS) is 13.1. The van der Waals surface area contributed by atoms with Crippen molar-refractivity contribution in [1.82, 2.24) is 8.87 Å². The number of hydrogen-bond donors (Lipinski definition) is 0. The van der Waals surface area contributed by atoms with Crippen LogP contribution in [0.3, 0.4) is 0 Å². The molecule has 31 heavy (non-hydrogen) atoms. The molecule has 0 saturated carbocycles. The lowest BCUT2D eigenvalue weighted by molar-refractivity contribution is 0.340. The molecule has 2 aromatic carbocycles. The summed E-state index contributed by atoms with van der Waals surface area (Å²) in [7, 11) is -0.393. The van der Waals surface area contributed by atoms with Crippen LogP contribution in [0.4, 0.5) is 5.69 Å². The van der Waals surface area contributed by atoms with Gasteiger partial charge in [0.05, 0.1) is 22.9 Å². The van der Waals surface area contributed by atoms with Crippen LogP contribution in [-0.2, 0) is 15.6 Å². The fourth-order valence-electron chi connectivity index (χ4n) is 3.14. The van der Waals surface area contributed by atoms with Crippen molar-refractivity contribution in [3.05, 3.63) is 58.7 Å². The number of hydrogen-bond acceptors (Lipinski definition) is 5. The lowest BCUT2D eigenvalue weighted by Crippen LogP contribution is -2.31. The first kappa shape index (κ1) is 23.2. The molecule has 0 aliphatic rings. The van der Waals surface area contributed by atoms with Gasteiger partial charge in [0.1, 0.15) is 5.75 Å². The summed E-state index contributed by atoms with van der Waals surface area (Å²) in [6.07, 6.45) is 0. The lowest BCUT2D eigenvalue weighted by Gasteiger charge is -2.24. The van der Waals surface area contributed by atoms with Gasteiger partial charge < -0.3 is 9.30 Å². The maximum Gasteiger partial charge on any atom is 0.242 e. The van der Waals surface area contributed by atoms with Crippen LogP contribution >= 0.6 is 11.3 Å². The summed E-state index contributed by atoms with van der Waals surface area (Å²) < 4.78 is 33.7. The molecule has 0 fully saturated rings. The highest BCUT2D eigenvalue weighted by atomic mass is 32.2. The molecular formula is C23H29N3O3S2. The molecule has 0 amide bonds. The van der Waals surface area contributed by atoms with E-state index >= 15 is 0 Å². The van der Waals surface area contributed by atoms with Gasteiger partial charge in [-0.25, -0.2) is 17.7 Å². The van der Waals surface area contributed by atoms with Gasteiger partial charge in [0.2, 0.25) is 10.0 Å². The smallest absolute Gasteiger partial charge is 0.242 e. The third kappa shape index (κ3) is 5.08. The molecule has 3 rings (SSSR count). The van der Waals surface area contributed by atoms with Crippen molar-refractivity contribution < 1.29 is 13.2 Å². The van der Waals surface area contributed by atoms with Gasteiger partial charge in [-0.3, -0.25) is 0 Å². The molecular weight excluding hydrogens is 430 g/mol. The third-order valence-corrected chi connectivity index (χ3v) is 7.34. The van der Waals surface area contributed by atoms with Crippen molar-refractivity contribution in [2.75, 3.05) is 20.7 Å². The first-order valence-electron chi connectivity index (χ1n) is 10.1. The number of sulfonamides is 1. The Morgan fingerprint density at radius 2 is 1.65 bits per heavy atom. The van der Waals surface area contributed by atoms with Crippen molar-refractivity contribution >= 4 is 27.0 Å². The van der Waals surface area contributed by atoms with Gasteiger partial charge in [-0.05, 0) is 69.7 Å². The van der Waals surface area contributed by atoms with E-state index in [2.05, 4.69) is 30.7 Å². The van der Waals surface area contributed by atoms with E-state index in [-0.39, 0.29) is 10.4 Å². The zero-order valence-electron chi connectivity index (χ0n) is 18.8. The van der Waals surface area contributed by atoms with Gasteiger partial charge in [0.25, 0.3) is 0 Å². The predicted molar refractivity (Wildman–Crippen MR) is 126 cm³/mol. The zero-order chi connectivity index (χ0) is 22.8. The van der Waals surface area contributed by atoms with Gasteiger partial charge in [-0.2, -0.15) is 0 Å². The summed E-state index contributed by atoms with van der Waals surface area (Å²) in [4.78, 5) is 6.01. The molecule has 0 saturated heterocycles. The molecule has 1 heterocycles. The number of aromatic nitrogens is 1. The first-order chi connectivity index (χ1) is 14.5. The maximum absolute atomic E-state index is 12.4. The van der Waals surface area contributed by atoms with Gasteiger partial charge >= 0.3 is 0 Å². The molecule has 0 atom stereocenters. The second-order valence-electron chi connectivity index (χ2n) is 8.26. The highest BCUT2D eigenvalue weighted by Gasteiger charge is 2.21. The van der Waals surface area contributed by atoms with Crippen LogP contribution < -0.4 is 9.54 Å². The Kier molecular flexibility index (Phi) is 6.73. The van der Waals surface area contributed by atoms with Crippen LogP contribution in [0.25, 0.3) is 11.3 Å². The van der Waals surface area contributed by atoms with Crippen LogP contribution in [0.15, 0.2) is 63.8 Å². The van der Waals surface area contributed by atoms with E-state index in [0.29, 0.717) is 6.61 Å². The van der Waals surface area contributed by atoms with E-state index in [1.54, 1.807) is 23.5 Å². The molecule has 0 radical (unpaired) electrons. The minimum Gasteiger partial charge on any atom is -0.494 e. The highest BCUT2D eigenvalue weighted by molar-refractivity contribution is 7.89. The predicted octanol–water partition coefficient (Wildman–Crippen LogP) is 4.85. The quantitative estimate of drug-likeness (QED) is 0.529. The van der Waals surface area contributed by atoms with E-state index in [0.717, 1.165) is 27.5 Å². The van der Waals surface area contributed by atoms with Gasteiger partial charge in [0, 0.05) is 25.0 Å². The van der Waals surface area contributed by atoms with Crippen LogP contribution in [0, 0.1) is 0 Å². The Bertz CT molecular complexity index is 1200. The SMILES string of the molecule is CCOc1ccc(N=c2scc(-c3ccc(S(=O)(=O)N(C)C)cc3)n2C(C)(C)C)cc1. The monoisotopic (exact) mass is 459 g/mol. The average Bonchev–Trinajstić information content (AvgIpc) is 3.14. The molecule has 8 heteroatoms. The third-order valence-electron chi connectivity index (χ3n) is 4.68. The fraction of sp³-hybridized carbons (Fsp3) is 0.348. The molecule has 0 aliphatic heterocycles. The van der Waals surface area contributed by atoms with Crippen molar-refractivity contribution in [2.24, 2.45) is 4.99 Å². The average molecular weight is 460 g/mol.